The summed E-state index contributed by atoms with van der Waals surface area (Å²) in [6.07, 6.45) is 13.3. The van der Waals surface area contributed by atoms with Gasteiger partial charge in [0.25, 0.3) is 0 Å². The molecule has 1 aromatic heterocycles. The zero-order valence-electron chi connectivity index (χ0n) is 51.1. The third-order valence-corrected chi connectivity index (χ3v) is 15.7. The Labute approximate surface area is 530 Å². The second kappa shape index (κ2) is 39.8. The van der Waals surface area contributed by atoms with Crippen molar-refractivity contribution in [2.75, 3.05) is 111 Å². The number of benzene rings is 4. The Morgan fingerprint density at radius 1 is 0.489 bits per heavy atom. The number of carbonyl (C=O) groups excluding carboxylic acids is 5. The molecule has 0 amide bonds. The highest BCUT2D eigenvalue weighted by Gasteiger charge is 2.30. The summed E-state index contributed by atoms with van der Waals surface area (Å²) in [5.41, 5.74) is 1.60. The van der Waals surface area contributed by atoms with Crippen LogP contribution in [0.4, 0.5) is 5.13 Å². The summed E-state index contributed by atoms with van der Waals surface area (Å²) < 4.78 is 74.0. The van der Waals surface area contributed by atoms with E-state index in [9.17, 15) is 24.0 Å². The number of anilines is 1. The Kier molecular flexibility index (Phi) is 30.6. The molecule has 0 N–H and O–H groups in total. The van der Waals surface area contributed by atoms with Gasteiger partial charge in [-0.25, -0.2) is 24.4 Å². The first-order valence-electron chi connectivity index (χ1n) is 30.7. The smallest absolute Gasteiger partial charge is 0.330 e. The Bertz CT molecular complexity index is 3010. The van der Waals surface area contributed by atoms with Crippen LogP contribution in [0, 0.1) is 23.7 Å². The van der Waals surface area contributed by atoms with E-state index < -0.39 is 17.9 Å². The van der Waals surface area contributed by atoms with Crippen molar-refractivity contribution in [3.8, 4) is 34.5 Å². The number of ether oxygens (including phenoxy) is 13. The molecule has 21 nitrogen and oxygen atoms in total. The van der Waals surface area contributed by atoms with Gasteiger partial charge < -0.3 is 61.6 Å². The average Bonchev–Trinajstić information content (AvgIpc) is 1.88. The maximum atomic E-state index is 13.4. The molecule has 0 saturated heterocycles. The van der Waals surface area contributed by atoms with Gasteiger partial charge in [0.05, 0.1) is 101 Å². The van der Waals surface area contributed by atoms with Crippen molar-refractivity contribution in [2.24, 2.45) is 28.8 Å². The number of hydrogen-bond donors (Lipinski definition) is 0. The van der Waals surface area contributed by atoms with Crippen LogP contribution in [0.25, 0.3) is 10.2 Å². The number of nitrogens with zero attached hydrogens (tertiary/aromatic N) is 3. The van der Waals surface area contributed by atoms with Gasteiger partial charge in [-0.05, 0) is 161 Å². The molecule has 5 aromatic rings. The SMILES string of the molecule is C=CC(=O)OCCCCCN(/N=C/c1cc(OCC2CCC(C(=O)Oc3ccc(OCCOCCOCCOC(=O)C=C)cc3)CC2)ccc1OCC1CCC(C(=O)Oc2ccc(OCCOCCOCCOC(=O)C=C)cc2)CC1)c1nc2ccccc2s1. The lowest BCUT2D eigenvalue weighted by Gasteiger charge is -2.28. The third-order valence-electron chi connectivity index (χ3n) is 14.7. The summed E-state index contributed by atoms with van der Waals surface area (Å²) >= 11 is 1.56. The van der Waals surface area contributed by atoms with Crippen molar-refractivity contribution in [2.45, 2.75) is 70.6 Å². The largest absolute Gasteiger partial charge is 0.493 e. The molecule has 484 valence electrons. The van der Waals surface area contributed by atoms with Crippen LogP contribution in [0.15, 0.2) is 134 Å². The number of esters is 5. The lowest BCUT2D eigenvalue weighted by atomic mass is 9.82. The Balaban J connectivity index is 0.877. The number of para-hydroxylation sites is 1. The zero-order chi connectivity index (χ0) is 63.4. The number of hydrazone groups is 1. The molecule has 2 saturated carbocycles. The topological polar surface area (TPSA) is 234 Å². The molecule has 0 radical (unpaired) electrons. The van der Waals surface area contributed by atoms with E-state index in [1.54, 1.807) is 66.1 Å². The first-order chi connectivity index (χ1) is 44.0. The standard InChI is InChI=1S/C68H83N3O18S/c1-4-63(72)83-33-11-7-10-32-71(68-70-60-12-8-9-13-62(60)90-68)69-47-54-46-59(86-48-50-14-18-52(19-15-50)66(75)88-57-26-22-55(23-27-57)81-42-38-77-34-36-79-40-44-84-64(73)5-2)30-31-61(54)87-49-51-16-20-53(21-17-51)67(76)89-58-28-24-56(25-29-58)82-43-39-78-35-37-80-41-45-85-65(74)6-3/h4-6,8-9,12-13,22-31,46-47,50-53H,1-3,7,10-11,14-21,32-45,48-49H2/b69-47+. The molecule has 0 atom stereocenters. The predicted molar refractivity (Wildman–Crippen MR) is 339 cm³/mol. The molecule has 0 spiro atoms. The minimum atomic E-state index is -0.490. The Morgan fingerprint density at radius 3 is 1.46 bits per heavy atom. The monoisotopic (exact) mass is 1260 g/mol. The molecule has 1 heterocycles. The normalized spacial score (nSPS) is 16.3. The van der Waals surface area contributed by atoms with Crippen molar-refractivity contribution in [3.63, 3.8) is 0 Å². The van der Waals surface area contributed by atoms with E-state index >= 15 is 0 Å². The number of aromatic nitrogens is 1. The van der Waals surface area contributed by atoms with E-state index in [0.717, 1.165) is 77.7 Å². The van der Waals surface area contributed by atoms with Crippen LogP contribution in [0.3, 0.4) is 0 Å². The minimum Gasteiger partial charge on any atom is -0.493 e. The second-order valence-corrected chi connectivity index (χ2v) is 22.2. The van der Waals surface area contributed by atoms with E-state index in [1.165, 1.54) is 0 Å². The van der Waals surface area contributed by atoms with Crippen LogP contribution in [0.2, 0.25) is 0 Å². The van der Waals surface area contributed by atoms with Crippen molar-refractivity contribution in [1.29, 1.82) is 0 Å². The lowest BCUT2D eigenvalue weighted by molar-refractivity contribution is -0.141. The molecule has 90 heavy (non-hydrogen) atoms. The zero-order valence-corrected chi connectivity index (χ0v) is 51.9. The lowest BCUT2D eigenvalue weighted by Crippen LogP contribution is -2.28. The number of fused-ring (bicyclic) bond motifs is 1. The summed E-state index contributed by atoms with van der Waals surface area (Å²) in [6, 6.07) is 27.6. The number of unbranched alkanes of at least 4 members (excludes halogenated alkanes) is 2. The molecule has 2 aliphatic carbocycles. The second-order valence-electron chi connectivity index (χ2n) is 21.2. The first kappa shape index (κ1) is 69.3. The van der Waals surface area contributed by atoms with Crippen molar-refractivity contribution in [1.82, 2.24) is 4.98 Å². The van der Waals surface area contributed by atoms with Crippen molar-refractivity contribution >= 4 is 62.7 Å². The molecule has 0 unspecified atom stereocenters. The highest BCUT2D eigenvalue weighted by molar-refractivity contribution is 7.22. The summed E-state index contributed by atoms with van der Waals surface area (Å²) in [5.74, 6) is 1.47. The maximum Gasteiger partial charge on any atom is 0.330 e. The quantitative estimate of drug-likeness (QED) is 0.00672. The van der Waals surface area contributed by atoms with E-state index in [1.807, 2.05) is 47.5 Å². The molecule has 0 bridgehead atoms. The van der Waals surface area contributed by atoms with Crippen molar-refractivity contribution < 1.29 is 85.6 Å². The van der Waals surface area contributed by atoms with Gasteiger partial charge in [-0.15, -0.1) is 0 Å². The summed E-state index contributed by atoms with van der Waals surface area (Å²) in [4.78, 5) is 65.4. The van der Waals surface area contributed by atoms with Gasteiger partial charge in [0.1, 0.15) is 60.9 Å². The van der Waals surface area contributed by atoms with E-state index in [2.05, 4.69) is 19.7 Å². The number of carbonyl (C=O) groups is 5. The highest BCUT2D eigenvalue weighted by atomic mass is 32.1. The molecule has 4 aromatic carbocycles. The molecule has 2 aliphatic rings. The third kappa shape index (κ3) is 25.4. The van der Waals surface area contributed by atoms with Gasteiger partial charge in [0.2, 0.25) is 5.13 Å². The van der Waals surface area contributed by atoms with E-state index in [4.69, 9.17) is 71.7 Å². The molecule has 0 aliphatic heterocycles. The van der Waals surface area contributed by atoms with Crippen LogP contribution >= 0.6 is 11.3 Å². The van der Waals surface area contributed by atoms with Crippen LogP contribution in [0.1, 0.15) is 76.2 Å². The van der Waals surface area contributed by atoms with Gasteiger partial charge in [-0.2, -0.15) is 5.10 Å². The number of rotatable bonds is 42. The fourth-order valence-electron chi connectivity index (χ4n) is 9.69. The molecule has 7 rings (SSSR count). The molecule has 2 fully saturated rings. The van der Waals surface area contributed by atoms with Crippen LogP contribution < -0.4 is 33.4 Å². The fraction of sp³-hybridized carbons (Fsp3) is 0.456. The molecule has 22 heteroatoms. The van der Waals surface area contributed by atoms with Crippen LogP contribution in [0.5, 0.6) is 34.5 Å². The van der Waals surface area contributed by atoms with Gasteiger partial charge in [0.15, 0.2) is 0 Å². The van der Waals surface area contributed by atoms with E-state index in [-0.39, 0.29) is 62.0 Å². The minimum absolute atomic E-state index is 0.150. The highest BCUT2D eigenvalue weighted by Crippen LogP contribution is 2.35. The van der Waals surface area contributed by atoms with Crippen LogP contribution in [-0.2, 0) is 57.1 Å². The average molecular weight is 1260 g/mol. The van der Waals surface area contributed by atoms with Gasteiger partial charge in [-0.1, -0.05) is 43.2 Å². The van der Waals surface area contributed by atoms with Gasteiger partial charge >= 0.3 is 29.8 Å². The van der Waals surface area contributed by atoms with Crippen LogP contribution in [-0.4, -0.2) is 147 Å². The van der Waals surface area contributed by atoms with Crippen molar-refractivity contribution in [3.05, 3.63) is 135 Å². The van der Waals surface area contributed by atoms with Gasteiger partial charge in [0, 0.05) is 30.3 Å². The predicted octanol–water partition coefficient (Wildman–Crippen LogP) is 10.9. The molecular weight excluding hydrogens is 1180 g/mol. The van der Waals surface area contributed by atoms with Gasteiger partial charge in [-0.3, -0.25) is 9.59 Å². The maximum absolute atomic E-state index is 13.4. The van der Waals surface area contributed by atoms with E-state index in [0.29, 0.717) is 146 Å². The first-order valence-corrected chi connectivity index (χ1v) is 31.5. The molecular formula is C68H83N3O18S. The fourth-order valence-corrected chi connectivity index (χ4v) is 10.6. The Hall–Kier alpha value is -8.15. The summed E-state index contributed by atoms with van der Waals surface area (Å²) in [6.45, 7) is 15.6. The number of thiazole rings is 1. The summed E-state index contributed by atoms with van der Waals surface area (Å²) in [7, 11) is 0. The number of hydrogen-bond acceptors (Lipinski definition) is 22. The Morgan fingerprint density at radius 2 is 0.944 bits per heavy atom. The summed E-state index contributed by atoms with van der Waals surface area (Å²) in [5, 5.41) is 7.68.